The summed E-state index contributed by atoms with van der Waals surface area (Å²) in [6.07, 6.45) is 5.77. The van der Waals surface area contributed by atoms with Gasteiger partial charge < -0.3 is 15.1 Å². The first-order valence-electron chi connectivity index (χ1n) is 8.85. The normalized spacial score (nSPS) is 19.0. The summed E-state index contributed by atoms with van der Waals surface area (Å²) in [5.74, 6) is -0.139. The molecule has 0 bridgehead atoms. The monoisotopic (exact) mass is 383 g/mol. The first-order chi connectivity index (χ1) is 12.1. The molecule has 5 nitrogen and oxygen atoms in total. The molecule has 1 aliphatic carbocycles. The molecule has 7 heteroatoms. The fourth-order valence-corrected chi connectivity index (χ4v) is 3.85. The number of hydrogen-bond acceptors (Lipinski definition) is 2. The number of rotatable bonds is 2. The van der Waals surface area contributed by atoms with Crippen molar-refractivity contribution >= 4 is 35.1 Å². The molecule has 0 unspecified atom stereocenters. The summed E-state index contributed by atoms with van der Waals surface area (Å²) in [6.45, 7) is 2.06. The van der Waals surface area contributed by atoms with Crippen LogP contribution in [0.1, 0.15) is 42.5 Å². The van der Waals surface area contributed by atoms with E-state index in [0.717, 1.165) is 12.8 Å². The number of urea groups is 1. The van der Waals surface area contributed by atoms with Crippen LogP contribution in [0.5, 0.6) is 0 Å². The number of piperazine rings is 1. The predicted molar refractivity (Wildman–Crippen MR) is 99.3 cm³/mol. The topological polar surface area (TPSA) is 52.7 Å². The number of benzene rings is 1. The molecule has 1 aromatic rings. The molecule has 1 N–H and O–H groups in total. The molecule has 1 saturated heterocycles. The van der Waals surface area contributed by atoms with Crippen LogP contribution in [0, 0.1) is 0 Å². The minimum Gasteiger partial charge on any atom is -0.335 e. The summed E-state index contributed by atoms with van der Waals surface area (Å²) in [5.41, 5.74) is 0.411. The van der Waals surface area contributed by atoms with Gasteiger partial charge in [0.15, 0.2) is 0 Å². The molecule has 2 fully saturated rings. The van der Waals surface area contributed by atoms with Crippen molar-refractivity contribution in [2.45, 2.75) is 38.1 Å². The number of hydrogen-bond donors (Lipinski definition) is 1. The maximum atomic E-state index is 12.6. The van der Waals surface area contributed by atoms with Crippen molar-refractivity contribution in [2.75, 3.05) is 26.2 Å². The number of amides is 3. The van der Waals surface area contributed by atoms with Crippen LogP contribution in [0.25, 0.3) is 0 Å². The SMILES string of the molecule is O=C(NC1CCCCC1)N1CCN(C(=O)c2cccc(Cl)c2Cl)CC1. The second-order valence-electron chi connectivity index (χ2n) is 6.67. The Morgan fingerprint density at radius 2 is 1.60 bits per heavy atom. The molecular weight excluding hydrogens is 361 g/mol. The molecule has 136 valence electrons. The highest BCUT2D eigenvalue weighted by atomic mass is 35.5. The zero-order chi connectivity index (χ0) is 17.8. The molecule has 0 aromatic heterocycles. The van der Waals surface area contributed by atoms with Gasteiger partial charge in [-0.2, -0.15) is 0 Å². The van der Waals surface area contributed by atoms with Gasteiger partial charge in [0, 0.05) is 32.2 Å². The molecule has 0 atom stereocenters. The lowest BCUT2D eigenvalue weighted by Gasteiger charge is -2.36. The van der Waals surface area contributed by atoms with E-state index in [4.69, 9.17) is 23.2 Å². The maximum Gasteiger partial charge on any atom is 0.317 e. The predicted octanol–water partition coefficient (Wildman–Crippen LogP) is 3.79. The van der Waals surface area contributed by atoms with Crippen molar-refractivity contribution in [3.8, 4) is 0 Å². The molecule has 3 amide bonds. The average Bonchev–Trinajstić information content (AvgIpc) is 2.64. The van der Waals surface area contributed by atoms with Gasteiger partial charge in [0.2, 0.25) is 0 Å². The number of nitrogens with one attached hydrogen (secondary N) is 1. The Morgan fingerprint density at radius 3 is 2.28 bits per heavy atom. The molecule has 1 heterocycles. The van der Waals surface area contributed by atoms with E-state index in [1.807, 2.05) is 0 Å². The summed E-state index contributed by atoms with van der Waals surface area (Å²) >= 11 is 12.1. The van der Waals surface area contributed by atoms with E-state index in [2.05, 4.69) is 5.32 Å². The standard InChI is InChI=1S/C18H23Cl2N3O2/c19-15-8-4-7-14(16(15)20)17(24)22-9-11-23(12-10-22)18(25)21-13-5-2-1-3-6-13/h4,7-8,13H,1-3,5-6,9-12H2,(H,21,25). The van der Waals surface area contributed by atoms with Gasteiger partial charge in [-0.05, 0) is 25.0 Å². The second kappa shape index (κ2) is 8.28. The number of halogens is 2. The molecule has 2 aliphatic rings. The summed E-state index contributed by atoms with van der Waals surface area (Å²) in [6, 6.07) is 5.34. The molecule has 1 aliphatic heterocycles. The average molecular weight is 384 g/mol. The van der Waals surface area contributed by atoms with Gasteiger partial charge in [-0.3, -0.25) is 4.79 Å². The largest absolute Gasteiger partial charge is 0.335 e. The fourth-order valence-electron chi connectivity index (χ4n) is 3.46. The summed E-state index contributed by atoms with van der Waals surface area (Å²) in [5, 5.41) is 3.78. The smallest absolute Gasteiger partial charge is 0.317 e. The Hall–Kier alpha value is -1.46. The van der Waals surface area contributed by atoms with E-state index in [9.17, 15) is 9.59 Å². The number of carbonyl (C=O) groups is 2. The zero-order valence-electron chi connectivity index (χ0n) is 14.1. The van der Waals surface area contributed by atoms with E-state index < -0.39 is 0 Å². The zero-order valence-corrected chi connectivity index (χ0v) is 15.7. The minimum atomic E-state index is -0.139. The van der Waals surface area contributed by atoms with Crippen LogP contribution < -0.4 is 5.32 Å². The van der Waals surface area contributed by atoms with E-state index in [0.29, 0.717) is 42.8 Å². The molecular formula is C18H23Cl2N3O2. The van der Waals surface area contributed by atoms with Gasteiger partial charge >= 0.3 is 6.03 Å². The highest BCUT2D eigenvalue weighted by Crippen LogP contribution is 2.27. The van der Waals surface area contributed by atoms with Crippen molar-refractivity contribution in [3.05, 3.63) is 33.8 Å². The highest BCUT2D eigenvalue weighted by Gasteiger charge is 2.27. The number of carbonyl (C=O) groups excluding carboxylic acids is 2. The van der Waals surface area contributed by atoms with Crippen LogP contribution in [0.4, 0.5) is 4.79 Å². The third-order valence-electron chi connectivity index (χ3n) is 4.97. The third-order valence-corrected chi connectivity index (χ3v) is 5.79. The van der Waals surface area contributed by atoms with Crippen molar-refractivity contribution < 1.29 is 9.59 Å². The van der Waals surface area contributed by atoms with Crippen molar-refractivity contribution in [2.24, 2.45) is 0 Å². The first kappa shape index (κ1) is 18.3. The van der Waals surface area contributed by atoms with Crippen LogP contribution in [-0.4, -0.2) is 54.0 Å². The third kappa shape index (κ3) is 4.39. The number of nitrogens with zero attached hydrogens (tertiary/aromatic N) is 2. The van der Waals surface area contributed by atoms with Crippen LogP contribution in [0.2, 0.25) is 10.0 Å². The van der Waals surface area contributed by atoms with E-state index in [1.165, 1.54) is 19.3 Å². The second-order valence-corrected chi connectivity index (χ2v) is 7.45. The summed E-state index contributed by atoms with van der Waals surface area (Å²) < 4.78 is 0. The maximum absolute atomic E-state index is 12.6. The lowest BCUT2D eigenvalue weighted by molar-refractivity contribution is 0.0662. The van der Waals surface area contributed by atoms with Gasteiger partial charge in [0.05, 0.1) is 15.6 Å². The van der Waals surface area contributed by atoms with Gasteiger partial charge in [0.1, 0.15) is 0 Å². The van der Waals surface area contributed by atoms with Crippen molar-refractivity contribution in [1.82, 2.24) is 15.1 Å². The van der Waals surface area contributed by atoms with Crippen molar-refractivity contribution in [3.63, 3.8) is 0 Å². The Balaban J connectivity index is 1.53. The summed E-state index contributed by atoms with van der Waals surface area (Å²) in [4.78, 5) is 28.5. The lowest BCUT2D eigenvalue weighted by Crippen LogP contribution is -2.54. The van der Waals surface area contributed by atoms with Crippen molar-refractivity contribution in [1.29, 1.82) is 0 Å². The molecule has 1 saturated carbocycles. The highest BCUT2D eigenvalue weighted by molar-refractivity contribution is 6.43. The molecule has 3 rings (SSSR count). The molecule has 0 spiro atoms. The molecule has 0 radical (unpaired) electrons. The van der Waals surface area contributed by atoms with E-state index >= 15 is 0 Å². The van der Waals surface area contributed by atoms with Gasteiger partial charge in [-0.15, -0.1) is 0 Å². The Kier molecular flexibility index (Phi) is 6.07. The van der Waals surface area contributed by atoms with Crippen LogP contribution >= 0.6 is 23.2 Å². The van der Waals surface area contributed by atoms with Crippen LogP contribution in [0.15, 0.2) is 18.2 Å². The van der Waals surface area contributed by atoms with Gasteiger partial charge in [-0.25, -0.2) is 4.79 Å². The van der Waals surface area contributed by atoms with E-state index in [1.54, 1.807) is 28.0 Å². The van der Waals surface area contributed by atoms with Gasteiger partial charge in [0.25, 0.3) is 5.91 Å². The fraction of sp³-hybridized carbons (Fsp3) is 0.556. The van der Waals surface area contributed by atoms with Crippen LogP contribution in [0.3, 0.4) is 0 Å². The summed E-state index contributed by atoms with van der Waals surface area (Å²) in [7, 11) is 0. The molecule has 25 heavy (non-hydrogen) atoms. The Bertz CT molecular complexity index is 639. The molecule has 1 aromatic carbocycles. The van der Waals surface area contributed by atoms with E-state index in [-0.39, 0.29) is 17.0 Å². The Labute approximate surface area is 158 Å². The first-order valence-corrected chi connectivity index (χ1v) is 9.60. The Morgan fingerprint density at radius 1 is 0.960 bits per heavy atom. The van der Waals surface area contributed by atoms with Crippen LogP contribution in [-0.2, 0) is 0 Å². The lowest BCUT2D eigenvalue weighted by atomic mass is 9.96. The minimum absolute atomic E-state index is 0.0141. The van der Waals surface area contributed by atoms with Gasteiger partial charge in [-0.1, -0.05) is 48.5 Å². The quantitative estimate of drug-likeness (QED) is 0.844.